The molecule has 0 bridgehead atoms. The standard InChI is InChI=1S/C13H16ClN3O2S2/c1-9(2)16-7-10-6-12(20-8-10)21(18,19)17-13-11(14)4-3-5-15-13/h3-6,8-9,16H,7H2,1-2H3,(H,15,17). The Morgan fingerprint density at radius 1 is 1.43 bits per heavy atom. The summed E-state index contributed by atoms with van der Waals surface area (Å²) in [6, 6.07) is 5.22. The van der Waals surface area contributed by atoms with Crippen LogP contribution in [0.1, 0.15) is 19.4 Å². The molecule has 2 heterocycles. The summed E-state index contributed by atoms with van der Waals surface area (Å²) in [4.78, 5) is 3.93. The van der Waals surface area contributed by atoms with Crippen molar-refractivity contribution in [3.05, 3.63) is 40.4 Å². The molecule has 114 valence electrons. The number of hydrogen-bond donors (Lipinski definition) is 2. The normalized spacial score (nSPS) is 11.8. The molecule has 8 heteroatoms. The maximum absolute atomic E-state index is 12.3. The van der Waals surface area contributed by atoms with Crippen molar-refractivity contribution in [2.24, 2.45) is 0 Å². The fourth-order valence-electron chi connectivity index (χ4n) is 1.55. The van der Waals surface area contributed by atoms with Crippen LogP contribution in [0.25, 0.3) is 0 Å². The summed E-state index contributed by atoms with van der Waals surface area (Å²) in [5.41, 5.74) is 0.932. The highest BCUT2D eigenvalue weighted by Gasteiger charge is 2.18. The maximum Gasteiger partial charge on any atom is 0.272 e. The Morgan fingerprint density at radius 2 is 2.19 bits per heavy atom. The van der Waals surface area contributed by atoms with E-state index in [1.165, 1.54) is 17.5 Å². The summed E-state index contributed by atoms with van der Waals surface area (Å²) in [6.07, 6.45) is 1.48. The molecule has 0 spiro atoms. The van der Waals surface area contributed by atoms with E-state index in [0.29, 0.717) is 12.6 Å². The van der Waals surface area contributed by atoms with Crippen LogP contribution in [0, 0.1) is 0 Å². The predicted octanol–water partition coefficient (Wildman–Crippen LogP) is 3.10. The van der Waals surface area contributed by atoms with Gasteiger partial charge in [-0.3, -0.25) is 4.72 Å². The summed E-state index contributed by atoms with van der Waals surface area (Å²) in [5, 5.41) is 5.33. The summed E-state index contributed by atoms with van der Waals surface area (Å²) in [7, 11) is -3.66. The van der Waals surface area contributed by atoms with Gasteiger partial charge in [0, 0.05) is 18.8 Å². The first-order chi connectivity index (χ1) is 9.88. The lowest BCUT2D eigenvalue weighted by Crippen LogP contribution is -2.21. The molecule has 21 heavy (non-hydrogen) atoms. The van der Waals surface area contributed by atoms with E-state index in [2.05, 4.69) is 15.0 Å². The van der Waals surface area contributed by atoms with Crippen LogP contribution in [0.3, 0.4) is 0 Å². The Balaban J connectivity index is 2.15. The van der Waals surface area contributed by atoms with Gasteiger partial charge < -0.3 is 5.32 Å². The highest BCUT2D eigenvalue weighted by Crippen LogP contribution is 2.25. The minimum atomic E-state index is -3.66. The third-order valence-corrected chi connectivity index (χ3v) is 5.73. The highest BCUT2D eigenvalue weighted by atomic mass is 35.5. The van der Waals surface area contributed by atoms with Gasteiger partial charge in [0.25, 0.3) is 10.0 Å². The van der Waals surface area contributed by atoms with Crippen molar-refractivity contribution < 1.29 is 8.42 Å². The lowest BCUT2D eigenvalue weighted by atomic mass is 10.3. The molecule has 0 amide bonds. The van der Waals surface area contributed by atoms with Crippen molar-refractivity contribution in [1.82, 2.24) is 10.3 Å². The number of hydrogen-bond acceptors (Lipinski definition) is 5. The van der Waals surface area contributed by atoms with E-state index >= 15 is 0 Å². The summed E-state index contributed by atoms with van der Waals surface area (Å²) in [6.45, 7) is 4.71. The van der Waals surface area contributed by atoms with Crippen LogP contribution >= 0.6 is 22.9 Å². The van der Waals surface area contributed by atoms with Crippen LogP contribution < -0.4 is 10.0 Å². The average Bonchev–Trinajstić information content (AvgIpc) is 2.88. The van der Waals surface area contributed by atoms with E-state index < -0.39 is 10.0 Å². The lowest BCUT2D eigenvalue weighted by Gasteiger charge is -2.07. The zero-order valence-electron chi connectivity index (χ0n) is 11.6. The second-order valence-corrected chi connectivity index (χ2v) is 7.98. The number of anilines is 1. The Kier molecular flexibility index (Phi) is 5.21. The number of nitrogens with one attached hydrogen (secondary N) is 2. The zero-order valence-corrected chi connectivity index (χ0v) is 14.0. The molecule has 0 fully saturated rings. The molecular formula is C13H16ClN3O2S2. The van der Waals surface area contributed by atoms with Crippen molar-refractivity contribution in [2.45, 2.75) is 30.6 Å². The maximum atomic E-state index is 12.3. The number of nitrogens with zero attached hydrogens (tertiary/aromatic N) is 1. The van der Waals surface area contributed by atoms with E-state index in [1.54, 1.807) is 18.2 Å². The number of rotatable bonds is 6. The van der Waals surface area contributed by atoms with Crippen molar-refractivity contribution in [3.8, 4) is 0 Å². The molecule has 0 saturated heterocycles. The van der Waals surface area contributed by atoms with Crippen LogP contribution in [0.15, 0.2) is 34.0 Å². The number of thiophene rings is 1. The summed E-state index contributed by atoms with van der Waals surface area (Å²) in [5.74, 6) is 0.134. The van der Waals surface area contributed by atoms with Crippen LogP contribution in [-0.2, 0) is 16.6 Å². The first-order valence-corrected chi connectivity index (χ1v) is 9.06. The van der Waals surface area contributed by atoms with Gasteiger partial charge in [-0.05, 0) is 29.1 Å². The molecule has 2 rings (SSSR count). The Labute approximate surface area is 133 Å². The molecule has 0 aliphatic carbocycles. The van der Waals surface area contributed by atoms with Gasteiger partial charge in [0.1, 0.15) is 4.21 Å². The van der Waals surface area contributed by atoms with Gasteiger partial charge >= 0.3 is 0 Å². The van der Waals surface area contributed by atoms with E-state index in [1.807, 2.05) is 19.2 Å². The van der Waals surface area contributed by atoms with E-state index in [-0.39, 0.29) is 15.0 Å². The lowest BCUT2D eigenvalue weighted by molar-refractivity contribution is 0.589. The summed E-state index contributed by atoms with van der Waals surface area (Å²) < 4.78 is 27.2. The van der Waals surface area contributed by atoms with Crippen LogP contribution in [-0.4, -0.2) is 19.4 Å². The molecule has 0 aliphatic rings. The highest BCUT2D eigenvalue weighted by molar-refractivity contribution is 7.94. The fourth-order valence-corrected chi connectivity index (χ4v) is 4.01. The minimum Gasteiger partial charge on any atom is -0.310 e. The van der Waals surface area contributed by atoms with Crippen molar-refractivity contribution in [3.63, 3.8) is 0 Å². The molecule has 2 aromatic heterocycles. The van der Waals surface area contributed by atoms with E-state index in [0.717, 1.165) is 5.56 Å². The molecule has 5 nitrogen and oxygen atoms in total. The van der Waals surface area contributed by atoms with Crippen molar-refractivity contribution in [2.75, 3.05) is 4.72 Å². The number of pyridine rings is 1. The van der Waals surface area contributed by atoms with Gasteiger partial charge in [-0.15, -0.1) is 11.3 Å². The van der Waals surface area contributed by atoms with Gasteiger partial charge in [0.2, 0.25) is 0 Å². The quantitative estimate of drug-likeness (QED) is 0.844. The molecule has 0 atom stereocenters. The van der Waals surface area contributed by atoms with Gasteiger partial charge in [0.15, 0.2) is 5.82 Å². The largest absolute Gasteiger partial charge is 0.310 e. The van der Waals surface area contributed by atoms with Gasteiger partial charge in [-0.1, -0.05) is 25.4 Å². The van der Waals surface area contributed by atoms with Gasteiger partial charge in [0.05, 0.1) is 5.02 Å². The summed E-state index contributed by atoms with van der Waals surface area (Å²) >= 11 is 7.08. The smallest absolute Gasteiger partial charge is 0.272 e. The topological polar surface area (TPSA) is 71.1 Å². The second kappa shape index (κ2) is 6.74. The molecular weight excluding hydrogens is 330 g/mol. The molecule has 0 unspecified atom stereocenters. The monoisotopic (exact) mass is 345 g/mol. The molecule has 0 aliphatic heterocycles. The Hall–Kier alpha value is -1.15. The number of aromatic nitrogens is 1. The van der Waals surface area contributed by atoms with Crippen LogP contribution in [0.2, 0.25) is 5.02 Å². The van der Waals surface area contributed by atoms with E-state index in [9.17, 15) is 8.42 Å². The third kappa shape index (κ3) is 4.41. The molecule has 0 aromatic carbocycles. The first-order valence-electron chi connectivity index (χ1n) is 6.32. The van der Waals surface area contributed by atoms with Crippen molar-refractivity contribution >= 4 is 38.8 Å². The first kappa shape index (κ1) is 16.2. The Morgan fingerprint density at radius 3 is 2.86 bits per heavy atom. The average molecular weight is 346 g/mol. The second-order valence-electron chi connectivity index (χ2n) is 4.75. The minimum absolute atomic E-state index is 0.134. The van der Waals surface area contributed by atoms with Gasteiger partial charge in [-0.25, -0.2) is 13.4 Å². The molecule has 2 aromatic rings. The SMILES string of the molecule is CC(C)NCc1csc(S(=O)(=O)Nc2ncccc2Cl)c1. The number of halogens is 1. The third-order valence-electron chi connectivity index (χ3n) is 2.60. The van der Waals surface area contributed by atoms with Gasteiger partial charge in [-0.2, -0.15) is 0 Å². The zero-order chi connectivity index (χ0) is 15.5. The van der Waals surface area contributed by atoms with Crippen LogP contribution in [0.5, 0.6) is 0 Å². The fraction of sp³-hybridized carbons (Fsp3) is 0.308. The molecule has 2 N–H and O–H groups in total. The molecule has 0 saturated carbocycles. The van der Waals surface area contributed by atoms with Crippen molar-refractivity contribution in [1.29, 1.82) is 0 Å². The number of sulfonamides is 1. The molecule has 0 radical (unpaired) electrons. The van der Waals surface area contributed by atoms with E-state index in [4.69, 9.17) is 11.6 Å². The van der Waals surface area contributed by atoms with Crippen LogP contribution in [0.4, 0.5) is 5.82 Å². The predicted molar refractivity (Wildman–Crippen MR) is 86.4 cm³/mol. The Bertz CT molecular complexity index is 714.